The summed E-state index contributed by atoms with van der Waals surface area (Å²) in [5.74, 6) is 2.61. The van der Waals surface area contributed by atoms with Crippen LogP contribution in [0.1, 0.15) is 0 Å². The molecule has 0 saturated heterocycles. The average Bonchev–Trinajstić information content (AvgIpc) is 3.75. The third-order valence-corrected chi connectivity index (χ3v) is 10.4. The van der Waals surface area contributed by atoms with Gasteiger partial charge in [-0.05, 0) is 65.4 Å². The highest BCUT2D eigenvalue weighted by molar-refractivity contribution is 6.19. The van der Waals surface area contributed by atoms with Gasteiger partial charge < -0.3 is 4.57 Å². The van der Waals surface area contributed by atoms with Crippen molar-refractivity contribution >= 4 is 54.4 Å². The maximum atomic E-state index is 5.10. The van der Waals surface area contributed by atoms with Crippen molar-refractivity contribution in [2.45, 2.75) is 0 Å². The molecule has 0 aliphatic carbocycles. The molecule has 0 radical (unpaired) electrons. The molecule has 6 heteroatoms. The van der Waals surface area contributed by atoms with Gasteiger partial charge in [-0.25, -0.2) is 19.9 Å². The monoisotopic (exact) mass is 690 g/mol. The number of benzene rings is 7. The van der Waals surface area contributed by atoms with Gasteiger partial charge in [0.2, 0.25) is 0 Å². The zero-order valence-electron chi connectivity index (χ0n) is 29.0. The number of para-hydroxylation sites is 3. The molecule has 54 heavy (non-hydrogen) atoms. The van der Waals surface area contributed by atoms with Crippen molar-refractivity contribution < 1.29 is 0 Å². The van der Waals surface area contributed by atoms with Crippen molar-refractivity contribution in [3.8, 4) is 45.7 Å². The minimum Gasteiger partial charge on any atom is -0.309 e. The second-order valence-electron chi connectivity index (χ2n) is 13.6. The van der Waals surface area contributed by atoms with Crippen molar-refractivity contribution in [2.75, 3.05) is 0 Å². The van der Waals surface area contributed by atoms with Crippen LogP contribution in [-0.4, -0.2) is 29.1 Å². The first-order chi connectivity index (χ1) is 26.8. The van der Waals surface area contributed by atoms with Crippen molar-refractivity contribution in [3.63, 3.8) is 0 Å². The fourth-order valence-corrected chi connectivity index (χ4v) is 7.89. The Morgan fingerprint density at radius 3 is 1.61 bits per heavy atom. The largest absolute Gasteiger partial charge is 0.309 e. The third kappa shape index (κ3) is 4.81. The molecule has 0 amide bonds. The Balaban J connectivity index is 1.14. The number of hydrogen-bond donors (Lipinski definition) is 0. The van der Waals surface area contributed by atoms with E-state index in [0.29, 0.717) is 17.5 Å². The molecule has 4 aromatic heterocycles. The van der Waals surface area contributed by atoms with Gasteiger partial charge in [-0.2, -0.15) is 0 Å². The van der Waals surface area contributed by atoms with Crippen molar-refractivity contribution in [1.29, 1.82) is 0 Å². The van der Waals surface area contributed by atoms with Crippen molar-refractivity contribution in [3.05, 3.63) is 182 Å². The minimum atomic E-state index is 0.586. The Morgan fingerprint density at radius 1 is 0.333 bits per heavy atom. The molecule has 0 fully saturated rings. The molecule has 4 heterocycles. The molecule has 0 saturated carbocycles. The van der Waals surface area contributed by atoms with E-state index in [2.05, 4.69) is 149 Å². The van der Waals surface area contributed by atoms with Gasteiger partial charge in [0.15, 0.2) is 17.5 Å². The second kappa shape index (κ2) is 12.1. The maximum Gasteiger partial charge on any atom is 0.164 e. The van der Waals surface area contributed by atoms with Crippen LogP contribution in [-0.2, 0) is 0 Å². The number of pyridine rings is 1. The summed E-state index contributed by atoms with van der Waals surface area (Å²) in [6, 6.07) is 61.4. The quantitative estimate of drug-likeness (QED) is 0.180. The number of fused-ring (bicyclic) bond motifs is 7. The third-order valence-electron chi connectivity index (χ3n) is 10.4. The predicted molar refractivity (Wildman–Crippen MR) is 220 cm³/mol. The fourth-order valence-electron chi connectivity index (χ4n) is 7.89. The molecule has 0 unspecified atom stereocenters. The summed E-state index contributed by atoms with van der Waals surface area (Å²) in [7, 11) is 0. The molecular weight excluding hydrogens is 661 g/mol. The van der Waals surface area contributed by atoms with Crippen LogP contribution in [0, 0.1) is 0 Å². The van der Waals surface area contributed by atoms with Crippen LogP contribution in [0.5, 0.6) is 0 Å². The highest BCUT2D eigenvalue weighted by Crippen LogP contribution is 2.39. The van der Waals surface area contributed by atoms with E-state index in [1.54, 1.807) is 0 Å². The van der Waals surface area contributed by atoms with Gasteiger partial charge in [0.1, 0.15) is 5.82 Å². The van der Waals surface area contributed by atoms with Crippen LogP contribution in [0.25, 0.3) is 100 Å². The van der Waals surface area contributed by atoms with Crippen LogP contribution in [0.2, 0.25) is 0 Å². The molecule has 0 bridgehead atoms. The molecular formula is C48H30N6. The SMILES string of the molecule is c1ccc(-c2nc(-c3ccnc(-n4c5ccccc5c5cc6c7ccccc7n(-c7ccccc7)c6cc54)c3)nc(-c3ccc4ccccc4c3)n2)cc1. The normalized spacial score (nSPS) is 11.7. The van der Waals surface area contributed by atoms with Crippen molar-refractivity contribution in [1.82, 2.24) is 29.1 Å². The van der Waals surface area contributed by atoms with Crippen LogP contribution in [0.3, 0.4) is 0 Å². The van der Waals surface area contributed by atoms with E-state index >= 15 is 0 Å². The van der Waals surface area contributed by atoms with E-state index in [0.717, 1.165) is 50.1 Å². The fraction of sp³-hybridized carbons (Fsp3) is 0. The summed E-state index contributed by atoms with van der Waals surface area (Å²) < 4.78 is 4.63. The van der Waals surface area contributed by atoms with Gasteiger partial charge in [-0.3, -0.25) is 4.57 Å². The van der Waals surface area contributed by atoms with E-state index in [-0.39, 0.29) is 0 Å². The van der Waals surface area contributed by atoms with Gasteiger partial charge in [0.05, 0.1) is 22.1 Å². The van der Waals surface area contributed by atoms with Gasteiger partial charge >= 0.3 is 0 Å². The first kappa shape index (κ1) is 30.2. The Kier molecular flexibility index (Phi) is 6.75. The summed E-state index contributed by atoms with van der Waals surface area (Å²) in [6.07, 6.45) is 1.85. The average molecular weight is 691 g/mol. The Labute approximate surface area is 310 Å². The zero-order chi connectivity index (χ0) is 35.6. The first-order valence-corrected chi connectivity index (χ1v) is 18.1. The zero-order valence-corrected chi connectivity index (χ0v) is 29.0. The summed E-state index contributed by atoms with van der Waals surface area (Å²) in [4.78, 5) is 20.1. The smallest absolute Gasteiger partial charge is 0.164 e. The van der Waals surface area contributed by atoms with Crippen molar-refractivity contribution in [2.24, 2.45) is 0 Å². The van der Waals surface area contributed by atoms with Gasteiger partial charge in [0, 0.05) is 50.1 Å². The first-order valence-electron chi connectivity index (χ1n) is 18.1. The molecule has 0 atom stereocenters. The second-order valence-corrected chi connectivity index (χ2v) is 13.6. The lowest BCUT2D eigenvalue weighted by atomic mass is 10.1. The molecule has 0 N–H and O–H groups in total. The molecule has 0 aliphatic heterocycles. The molecule has 11 rings (SSSR count). The van der Waals surface area contributed by atoms with Gasteiger partial charge in [-0.15, -0.1) is 0 Å². The van der Waals surface area contributed by atoms with E-state index in [9.17, 15) is 0 Å². The standard InChI is InChI=1S/C48H30N6/c1-3-14-32(15-4-1)46-50-47(34-24-23-31-13-7-8-16-33(31)27-34)52-48(51-46)35-25-26-49-45(28-35)54-42-22-12-10-20-38(42)40-29-39-37-19-9-11-21-41(37)53(43(39)30-44(40)54)36-17-5-2-6-18-36/h1-30H. The lowest BCUT2D eigenvalue weighted by molar-refractivity contribution is 1.05. The van der Waals surface area contributed by atoms with E-state index in [4.69, 9.17) is 19.9 Å². The summed E-state index contributed by atoms with van der Waals surface area (Å²) in [6.45, 7) is 0. The number of rotatable bonds is 5. The van der Waals surface area contributed by atoms with Crippen LogP contribution < -0.4 is 0 Å². The van der Waals surface area contributed by atoms with E-state index < -0.39 is 0 Å². The van der Waals surface area contributed by atoms with E-state index in [1.165, 1.54) is 32.4 Å². The maximum absolute atomic E-state index is 5.10. The lowest BCUT2D eigenvalue weighted by Crippen LogP contribution is -2.02. The van der Waals surface area contributed by atoms with Gasteiger partial charge in [-0.1, -0.05) is 121 Å². The van der Waals surface area contributed by atoms with Crippen LogP contribution in [0.4, 0.5) is 0 Å². The molecule has 0 spiro atoms. The topological polar surface area (TPSA) is 61.4 Å². The number of hydrogen-bond acceptors (Lipinski definition) is 4. The lowest BCUT2D eigenvalue weighted by Gasteiger charge is -2.11. The van der Waals surface area contributed by atoms with Gasteiger partial charge in [0.25, 0.3) is 0 Å². The highest BCUT2D eigenvalue weighted by atomic mass is 15.1. The Morgan fingerprint density at radius 2 is 0.889 bits per heavy atom. The Hall–Kier alpha value is -7.44. The summed E-state index contributed by atoms with van der Waals surface area (Å²) >= 11 is 0. The molecule has 11 aromatic rings. The molecule has 7 aromatic carbocycles. The molecule has 252 valence electrons. The minimum absolute atomic E-state index is 0.586. The summed E-state index contributed by atoms with van der Waals surface area (Å²) in [5, 5.41) is 7.09. The predicted octanol–water partition coefficient (Wildman–Crippen LogP) is 11.6. The Bertz CT molecular complexity index is 3220. The molecule has 6 nitrogen and oxygen atoms in total. The van der Waals surface area contributed by atoms with E-state index in [1.807, 2.05) is 42.6 Å². The van der Waals surface area contributed by atoms with Crippen LogP contribution >= 0.6 is 0 Å². The number of aromatic nitrogens is 6. The van der Waals surface area contributed by atoms with Crippen LogP contribution in [0.15, 0.2) is 182 Å². The highest BCUT2D eigenvalue weighted by Gasteiger charge is 2.20. The summed E-state index contributed by atoms with van der Waals surface area (Å²) in [5.41, 5.74) is 8.31. The molecule has 0 aliphatic rings. The number of nitrogens with zero attached hydrogens (tertiary/aromatic N) is 6.